The van der Waals surface area contributed by atoms with Gasteiger partial charge in [0.25, 0.3) is 0 Å². The molecule has 0 radical (unpaired) electrons. The Morgan fingerprint density at radius 1 is 1.67 bits per heavy atom. The Kier molecular flexibility index (Phi) is 4.20. The second-order valence-electron chi connectivity index (χ2n) is 3.35. The van der Waals surface area contributed by atoms with Crippen LogP contribution in [0.2, 0.25) is 0 Å². The fraction of sp³-hybridized carbons (Fsp3) is 0.875. The number of carbonyl (C=O) groups excluding carboxylic acids is 1. The van der Waals surface area contributed by atoms with Crippen LogP contribution in [-0.4, -0.2) is 30.3 Å². The average molecular weight is 175 g/mol. The monoisotopic (exact) mass is 175 g/mol. The first-order valence-corrected chi connectivity index (χ1v) is 4.00. The Labute approximate surface area is 72.7 Å². The number of nitrogens with two attached hydrogens (primary N) is 1. The lowest BCUT2D eigenvalue weighted by molar-refractivity contribution is -0.159. The lowest BCUT2D eigenvalue weighted by Crippen LogP contribution is -2.42. The summed E-state index contributed by atoms with van der Waals surface area (Å²) in [6, 6.07) is 0. The summed E-state index contributed by atoms with van der Waals surface area (Å²) in [4.78, 5) is 11.0. The maximum Gasteiger partial charge on any atom is 0.335 e. The third kappa shape index (κ3) is 2.79. The van der Waals surface area contributed by atoms with Crippen LogP contribution in [0, 0.1) is 5.41 Å². The molecule has 0 fully saturated rings. The lowest BCUT2D eigenvalue weighted by atomic mass is 9.87. The zero-order valence-corrected chi connectivity index (χ0v) is 7.83. The average Bonchev–Trinajstić information content (AvgIpc) is 2.03. The molecule has 0 heterocycles. The number of aliphatic hydroxyl groups is 1. The number of esters is 1. The molecule has 4 heteroatoms. The molecule has 72 valence electrons. The summed E-state index contributed by atoms with van der Waals surface area (Å²) in [5.74, 6) is -0.604. The van der Waals surface area contributed by atoms with E-state index in [9.17, 15) is 9.90 Å². The Morgan fingerprint density at radius 2 is 2.17 bits per heavy atom. The van der Waals surface area contributed by atoms with Crippen LogP contribution in [0.5, 0.6) is 0 Å². The molecule has 0 saturated heterocycles. The number of aliphatic hydroxyl groups excluding tert-OH is 1. The van der Waals surface area contributed by atoms with Crippen LogP contribution in [0.25, 0.3) is 0 Å². The summed E-state index contributed by atoms with van der Waals surface area (Å²) in [5.41, 5.74) is 4.75. The lowest BCUT2D eigenvalue weighted by Gasteiger charge is -2.26. The molecule has 1 unspecified atom stereocenters. The third-order valence-electron chi connectivity index (χ3n) is 1.78. The van der Waals surface area contributed by atoms with E-state index >= 15 is 0 Å². The number of carbonyl (C=O) groups is 1. The predicted octanol–water partition coefficient (Wildman–Crippen LogP) is -0.105. The van der Waals surface area contributed by atoms with Gasteiger partial charge in [-0.1, -0.05) is 13.8 Å². The van der Waals surface area contributed by atoms with E-state index in [0.717, 1.165) is 0 Å². The van der Waals surface area contributed by atoms with Gasteiger partial charge in [0, 0.05) is 12.0 Å². The second kappa shape index (κ2) is 4.42. The molecule has 3 N–H and O–H groups in total. The van der Waals surface area contributed by atoms with Gasteiger partial charge >= 0.3 is 5.97 Å². The summed E-state index contributed by atoms with van der Waals surface area (Å²) >= 11 is 0. The molecule has 0 amide bonds. The van der Waals surface area contributed by atoms with Crippen LogP contribution in [0.3, 0.4) is 0 Å². The first-order chi connectivity index (χ1) is 5.45. The van der Waals surface area contributed by atoms with Crippen molar-refractivity contribution in [1.82, 2.24) is 0 Å². The Bertz CT molecular complexity index is 156. The SMILES string of the molecule is CCOC(=O)C(O)C(C)(C)CN. The van der Waals surface area contributed by atoms with Gasteiger partial charge in [-0.05, 0) is 6.92 Å². The van der Waals surface area contributed by atoms with Crippen LogP contribution >= 0.6 is 0 Å². The van der Waals surface area contributed by atoms with Gasteiger partial charge in [-0.3, -0.25) is 0 Å². The van der Waals surface area contributed by atoms with E-state index in [1.165, 1.54) is 0 Å². The van der Waals surface area contributed by atoms with Crippen molar-refractivity contribution in [2.75, 3.05) is 13.2 Å². The summed E-state index contributed by atoms with van der Waals surface area (Å²) in [7, 11) is 0. The Hall–Kier alpha value is -0.610. The van der Waals surface area contributed by atoms with E-state index in [1.807, 2.05) is 0 Å². The van der Waals surface area contributed by atoms with Crippen molar-refractivity contribution in [3.63, 3.8) is 0 Å². The van der Waals surface area contributed by atoms with E-state index < -0.39 is 17.5 Å². The topological polar surface area (TPSA) is 72.5 Å². The van der Waals surface area contributed by atoms with Crippen molar-refractivity contribution < 1.29 is 14.6 Å². The third-order valence-corrected chi connectivity index (χ3v) is 1.78. The molecular weight excluding hydrogens is 158 g/mol. The van der Waals surface area contributed by atoms with Crippen LogP contribution in [-0.2, 0) is 9.53 Å². The number of ether oxygens (including phenoxy) is 1. The van der Waals surface area contributed by atoms with Gasteiger partial charge in [0.15, 0.2) is 6.10 Å². The van der Waals surface area contributed by atoms with Crippen LogP contribution in [0.1, 0.15) is 20.8 Å². The summed E-state index contributed by atoms with van der Waals surface area (Å²) < 4.78 is 4.65. The van der Waals surface area contributed by atoms with E-state index in [4.69, 9.17) is 5.73 Å². The molecule has 12 heavy (non-hydrogen) atoms. The highest BCUT2D eigenvalue weighted by Gasteiger charge is 2.33. The molecule has 4 nitrogen and oxygen atoms in total. The van der Waals surface area contributed by atoms with Gasteiger partial charge in [-0.25, -0.2) is 4.79 Å². The fourth-order valence-corrected chi connectivity index (χ4v) is 0.652. The minimum absolute atomic E-state index is 0.243. The van der Waals surface area contributed by atoms with E-state index in [1.54, 1.807) is 20.8 Å². The van der Waals surface area contributed by atoms with E-state index in [2.05, 4.69) is 4.74 Å². The second-order valence-corrected chi connectivity index (χ2v) is 3.35. The standard InChI is InChI=1S/C8H17NO3/c1-4-12-7(11)6(10)8(2,3)5-9/h6,10H,4-5,9H2,1-3H3. The molecule has 1 atom stereocenters. The van der Waals surface area contributed by atoms with Crippen molar-refractivity contribution >= 4 is 5.97 Å². The fourth-order valence-electron chi connectivity index (χ4n) is 0.652. The molecular formula is C8H17NO3. The minimum atomic E-state index is -1.14. The van der Waals surface area contributed by atoms with Gasteiger partial charge in [-0.2, -0.15) is 0 Å². The largest absolute Gasteiger partial charge is 0.464 e. The van der Waals surface area contributed by atoms with Gasteiger partial charge in [0.05, 0.1) is 6.61 Å². The molecule has 0 rings (SSSR count). The van der Waals surface area contributed by atoms with Gasteiger partial charge in [0.2, 0.25) is 0 Å². The van der Waals surface area contributed by atoms with Gasteiger partial charge in [0.1, 0.15) is 0 Å². The zero-order chi connectivity index (χ0) is 9.78. The predicted molar refractivity (Wildman–Crippen MR) is 45.5 cm³/mol. The molecule has 0 saturated carbocycles. The van der Waals surface area contributed by atoms with E-state index in [0.29, 0.717) is 0 Å². The van der Waals surface area contributed by atoms with Crippen LogP contribution in [0.4, 0.5) is 0 Å². The maximum absolute atomic E-state index is 11.0. The first-order valence-electron chi connectivity index (χ1n) is 4.00. The maximum atomic E-state index is 11.0. The number of rotatable bonds is 4. The first kappa shape index (κ1) is 11.4. The molecule has 0 aromatic rings. The summed E-state index contributed by atoms with van der Waals surface area (Å²) in [5, 5.41) is 9.42. The van der Waals surface area contributed by atoms with Crippen LogP contribution in [0.15, 0.2) is 0 Å². The zero-order valence-electron chi connectivity index (χ0n) is 7.83. The van der Waals surface area contributed by atoms with Crippen molar-refractivity contribution in [3.8, 4) is 0 Å². The van der Waals surface area contributed by atoms with Crippen LogP contribution < -0.4 is 5.73 Å². The van der Waals surface area contributed by atoms with E-state index in [-0.39, 0.29) is 13.2 Å². The number of hydrogen-bond donors (Lipinski definition) is 2. The quantitative estimate of drug-likeness (QED) is 0.585. The normalized spacial score (nSPS) is 14.1. The minimum Gasteiger partial charge on any atom is -0.464 e. The number of hydrogen-bond acceptors (Lipinski definition) is 4. The highest BCUT2D eigenvalue weighted by Crippen LogP contribution is 2.19. The molecule has 0 aromatic heterocycles. The highest BCUT2D eigenvalue weighted by atomic mass is 16.5. The van der Waals surface area contributed by atoms with Crippen molar-refractivity contribution in [3.05, 3.63) is 0 Å². The molecule has 0 aliphatic carbocycles. The molecule has 0 bridgehead atoms. The molecule has 0 aliphatic rings. The Morgan fingerprint density at radius 3 is 2.50 bits per heavy atom. The van der Waals surface area contributed by atoms with Gasteiger partial charge < -0.3 is 15.6 Å². The van der Waals surface area contributed by atoms with Crippen molar-refractivity contribution in [2.24, 2.45) is 11.1 Å². The molecule has 0 spiro atoms. The van der Waals surface area contributed by atoms with Gasteiger partial charge in [-0.15, -0.1) is 0 Å². The van der Waals surface area contributed by atoms with Crippen molar-refractivity contribution in [1.29, 1.82) is 0 Å². The summed E-state index contributed by atoms with van der Waals surface area (Å²) in [6.07, 6.45) is -1.14. The molecule has 0 aliphatic heterocycles. The highest BCUT2D eigenvalue weighted by molar-refractivity contribution is 5.75. The Balaban J connectivity index is 4.17. The van der Waals surface area contributed by atoms with Crippen molar-refractivity contribution in [2.45, 2.75) is 26.9 Å². The summed E-state index contributed by atoms with van der Waals surface area (Å²) in [6.45, 7) is 5.65. The smallest absolute Gasteiger partial charge is 0.335 e. The molecule has 0 aromatic carbocycles.